The van der Waals surface area contributed by atoms with Gasteiger partial charge in [-0.15, -0.1) is 11.6 Å². The molecule has 0 aromatic heterocycles. The van der Waals surface area contributed by atoms with E-state index in [1.807, 2.05) is 12.1 Å². The Morgan fingerprint density at radius 2 is 2.08 bits per heavy atom. The molecule has 0 spiro atoms. The van der Waals surface area contributed by atoms with E-state index >= 15 is 0 Å². The molecule has 0 heterocycles. The van der Waals surface area contributed by atoms with Crippen LogP contribution in [-0.2, 0) is 4.79 Å². The third-order valence-electron chi connectivity index (χ3n) is 1.72. The van der Waals surface area contributed by atoms with E-state index in [-0.39, 0.29) is 11.7 Å². The zero-order valence-corrected chi connectivity index (χ0v) is 7.66. The molecule has 0 aliphatic heterocycles. The maximum absolute atomic E-state index is 11.2. The van der Waals surface area contributed by atoms with Crippen molar-refractivity contribution in [1.29, 1.82) is 5.26 Å². The summed E-state index contributed by atoms with van der Waals surface area (Å²) in [5, 5.41) is 8.75. The highest BCUT2D eigenvalue weighted by molar-refractivity contribution is 6.28. The van der Waals surface area contributed by atoms with Crippen LogP contribution in [0.2, 0.25) is 0 Å². The molecule has 66 valence electrons. The van der Waals surface area contributed by atoms with Gasteiger partial charge in [-0.1, -0.05) is 30.3 Å². The molecule has 0 fully saturated rings. The highest BCUT2D eigenvalue weighted by atomic mass is 35.5. The molecule has 1 rings (SSSR count). The molecule has 1 aromatic rings. The lowest BCUT2D eigenvalue weighted by molar-refractivity contribution is -0.117. The first kappa shape index (κ1) is 9.76. The zero-order chi connectivity index (χ0) is 9.68. The van der Waals surface area contributed by atoms with Crippen molar-refractivity contribution >= 4 is 17.4 Å². The number of hydrogen-bond donors (Lipinski definition) is 0. The Hall–Kier alpha value is -1.33. The summed E-state index contributed by atoms with van der Waals surface area (Å²) in [5.41, 5.74) is 0.704. The number of carbonyl (C=O) groups is 1. The maximum Gasteiger partial charge on any atom is 0.169 e. The summed E-state index contributed by atoms with van der Waals surface area (Å²) in [5.74, 6) is -1.10. The van der Waals surface area contributed by atoms with Crippen LogP contribution in [0, 0.1) is 11.3 Å². The maximum atomic E-state index is 11.2. The van der Waals surface area contributed by atoms with E-state index in [4.69, 9.17) is 16.9 Å². The van der Waals surface area contributed by atoms with Crippen molar-refractivity contribution < 1.29 is 4.79 Å². The highest BCUT2D eigenvalue weighted by Crippen LogP contribution is 2.15. The van der Waals surface area contributed by atoms with Crippen molar-refractivity contribution in [3.8, 4) is 6.07 Å². The predicted octanol–water partition coefficient (Wildman–Crippen LogP) is 2.10. The third kappa shape index (κ3) is 2.30. The van der Waals surface area contributed by atoms with Gasteiger partial charge in [0.2, 0.25) is 0 Å². The number of alkyl halides is 1. The topological polar surface area (TPSA) is 40.9 Å². The van der Waals surface area contributed by atoms with E-state index in [0.29, 0.717) is 5.56 Å². The SMILES string of the molecule is N#CC(C(=O)CCl)c1ccccc1. The molecule has 0 N–H and O–H groups in total. The number of rotatable bonds is 3. The number of hydrogen-bond acceptors (Lipinski definition) is 2. The molecule has 3 heteroatoms. The molecule has 0 amide bonds. The van der Waals surface area contributed by atoms with Gasteiger partial charge in [0.25, 0.3) is 0 Å². The van der Waals surface area contributed by atoms with Gasteiger partial charge in [0.1, 0.15) is 5.92 Å². The van der Waals surface area contributed by atoms with Crippen LogP contribution in [0.25, 0.3) is 0 Å². The number of halogens is 1. The molecule has 1 unspecified atom stereocenters. The second kappa shape index (κ2) is 4.64. The first-order valence-corrected chi connectivity index (χ1v) is 4.36. The van der Waals surface area contributed by atoms with Crippen molar-refractivity contribution in [3.63, 3.8) is 0 Å². The minimum absolute atomic E-state index is 0.118. The molecule has 0 aliphatic rings. The Morgan fingerprint density at radius 1 is 1.46 bits per heavy atom. The summed E-state index contributed by atoms with van der Waals surface area (Å²) in [6.45, 7) is 0. The zero-order valence-electron chi connectivity index (χ0n) is 6.90. The summed E-state index contributed by atoms with van der Waals surface area (Å²) in [4.78, 5) is 11.2. The molecular weight excluding hydrogens is 186 g/mol. The van der Waals surface area contributed by atoms with Crippen LogP contribution < -0.4 is 0 Å². The number of carbonyl (C=O) groups excluding carboxylic acids is 1. The van der Waals surface area contributed by atoms with Crippen LogP contribution in [0.1, 0.15) is 11.5 Å². The summed E-state index contributed by atoms with van der Waals surface area (Å²) in [7, 11) is 0. The smallest absolute Gasteiger partial charge is 0.169 e. The van der Waals surface area contributed by atoms with Crippen molar-refractivity contribution in [2.45, 2.75) is 5.92 Å². The third-order valence-corrected chi connectivity index (χ3v) is 1.98. The fourth-order valence-corrected chi connectivity index (χ4v) is 1.21. The molecular formula is C10H8ClNO. The van der Waals surface area contributed by atoms with Crippen molar-refractivity contribution in [2.75, 3.05) is 5.88 Å². The Morgan fingerprint density at radius 3 is 2.54 bits per heavy atom. The second-order valence-electron chi connectivity index (χ2n) is 2.57. The van der Waals surface area contributed by atoms with Gasteiger partial charge in [-0.2, -0.15) is 5.26 Å². The Labute approximate surface area is 81.7 Å². The Kier molecular flexibility index (Phi) is 3.48. The summed E-state index contributed by atoms with van der Waals surface area (Å²) < 4.78 is 0. The Balaban J connectivity index is 2.93. The van der Waals surface area contributed by atoms with Crippen LogP contribution in [0.4, 0.5) is 0 Å². The minimum atomic E-state index is -0.723. The Bertz CT molecular complexity index is 329. The monoisotopic (exact) mass is 193 g/mol. The molecule has 0 aliphatic carbocycles. The van der Waals surface area contributed by atoms with Gasteiger partial charge in [0, 0.05) is 0 Å². The van der Waals surface area contributed by atoms with E-state index in [9.17, 15) is 4.79 Å². The summed E-state index contributed by atoms with van der Waals surface area (Å²) in [6.07, 6.45) is 0. The molecule has 1 atom stereocenters. The average Bonchev–Trinajstić information content (AvgIpc) is 2.20. The summed E-state index contributed by atoms with van der Waals surface area (Å²) in [6, 6.07) is 10.9. The van der Waals surface area contributed by atoms with Crippen molar-refractivity contribution in [2.24, 2.45) is 0 Å². The van der Waals surface area contributed by atoms with Crippen molar-refractivity contribution in [1.82, 2.24) is 0 Å². The van der Waals surface area contributed by atoms with E-state index in [1.54, 1.807) is 24.3 Å². The molecule has 0 saturated heterocycles. The molecule has 0 radical (unpaired) electrons. The molecule has 13 heavy (non-hydrogen) atoms. The van der Waals surface area contributed by atoms with Gasteiger partial charge in [0.05, 0.1) is 11.9 Å². The van der Waals surface area contributed by atoms with Gasteiger partial charge < -0.3 is 0 Å². The van der Waals surface area contributed by atoms with Crippen molar-refractivity contribution in [3.05, 3.63) is 35.9 Å². The number of nitrogens with zero attached hydrogens (tertiary/aromatic N) is 1. The van der Waals surface area contributed by atoms with E-state index in [2.05, 4.69) is 0 Å². The second-order valence-corrected chi connectivity index (χ2v) is 2.84. The lowest BCUT2D eigenvalue weighted by atomic mass is 9.97. The summed E-state index contributed by atoms with van der Waals surface area (Å²) >= 11 is 5.37. The van der Waals surface area contributed by atoms with Gasteiger partial charge in [-0.25, -0.2) is 0 Å². The van der Waals surface area contributed by atoms with E-state index in [0.717, 1.165) is 0 Å². The fraction of sp³-hybridized carbons (Fsp3) is 0.200. The number of ketones is 1. The fourth-order valence-electron chi connectivity index (χ4n) is 1.06. The van der Waals surface area contributed by atoms with Crippen LogP contribution >= 0.6 is 11.6 Å². The average molecular weight is 194 g/mol. The lowest BCUT2D eigenvalue weighted by Gasteiger charge is -2.04. The number of Topliss-reactive ketones (excluding diaryl/α,β-unsaturated/α-hetero) is 1. The normalized spacial score (nSPS) is 11.7. The standard InChI is InChI=1S/C10H8ClNO/c11-6-10(13)9(7-12)8-4-2-1-3-5-8/h1-5,9H,6H2. The van der Waals surface area contributed by atoms with Gasteiger partial charge in [-0.3, -0.25) is 4.79 Å². The highest BCUT2D eigenvalue weighted by Gasteiger charge is 2.17. The number of benzene rings is 1. The largest absolute Gasteiger partial charge is 0.296 e. The van der Waals surface area contributed by atoms with Gasteiger partial charge in [0.15, 0.2) is 5.78 Å². The van der Waals surface area contributed by atoms with Gasteiger partial charge in [-0.05, 0) is 5.56 Å². The van der Waals surface area contributed by atoms with Crippen LogP contribution in [-0.4, -0.2) is 11.7 Å². The first-order valence-electron chi connectivity index (χ1n) is 3.83. The molecule has 1 aromatic carbocycles. The van der Waals surface area contributed by atoms with E-state index in [1.165, 1.54) is 0 Å². The molecule has 2 nitrogen and oxygen atoms in total. The predicted molar refractivity (Wildman–Crippen MR) is 50.5 cm³/mol. The van der Waals surface area contributed by atoms with Crippen LogP contribution in [0.15, 0.2) is 30.3 Å². The van der Waals surface area contributed by atoms with Crippen LogP contribution in [0.5, 0.6) is 0 Å². The molecule has 0 bridgehead atoms. The van der Waals surface area contributed by atoms with E-state index < -0.39 is 5.92 Å². The minimum Gasteiger partial charge on any atom is -0.296 e. The molecule has 0 saturated carbocycles. The quantitative estimate of drug-likeness (QED) is 0.690. The number of nitriles is 1. The lowest BCUT2D eigenvalue weighted by Crippen LogP contribution is -2.11. The van der Waals surface area contributed by atoms with Crippen LogP contribution in [0.3, 0.4) is 0 Å². The first-order chi connectivity index (χ1) is 6.29. The van der Waals surface area contributed by atoms with Gasteiger partial charge >= 0.3 is 0 Å².